The van der Waals surface area contributed by atoms with Gasteiger partial charge in [0.1, 0.15) is 17.2 Å². The lowest BCUT2D eigenvalue weighted by Crippen LogP contribution is -2.71. The summed E-state index contributed by atoms with van der Waals surface area (Å²) in [5.74, 6) is -1.78. The van der Waals surface area contributed by atoms with Crippen LogP contribution in [0.2, 0.25) is 0 Å². The molecule has 0 saturated carbocycles. The van der Waals surface area contributed by atoms with Crippen molar-refractivity contribution >= 4 is 18.0 Å². The highest BCUT2D eigenvalue weighted by Gasteiger charge is 2.59. The van der Waals surface area contributed by atoms with Gasteiger partial charge in [-0.2, -0.15) is 0 Å². The predicted octanol–water partition coefficient (Wildman–Crippen LogP) is -0.725. The summed E-state index contributed by atoms with van der Waals surface area (Å²) in [6.45, 7) is 5.75. The van der Waals surface area contributed by atoms with Crippen molar-refractivity contribution in [1.29, 1.82) is 0 Å². The lowest BCUT2D eigenvalue weighted by Gasteiger charge is -2.44. The normalized spacial score (nSPS) is 29.0. The number of amides is 2. The molecule has 136 valence electrons. The Balaban J connectivity index is 2.10. The zero-order chi connectivity index (χ0) is 18.3. The molecule has 0 aromatic carbocycles. The van der Waals surface area contributed by atoms with Gasteiger partial charge in [0.2, 0.25) is 5.91 Å². The van der Waals surface area contributed by atoms with Crippen molar-refractivity contribution in [1.82, 2.24) is 10.2 Å². The second-order valence-electron chi connectivity index (χ2n) is 7.54. The lowest BCUT2D eigenvalue weighted by molar-refractivity contribution is -0.142. The minimum absolute atomic E-state index is 0.0990. The van der Waals surface area contributed by atoms with Gasteiger partial charge >= 0.3 is 12.1 Å². The summed E-state index contributed by atoms with van der Waals surface area (Å²) in [5.41, 5.74) is 3.76. The summed E-state index contributed by atoms with van der Waals surface area (Å²) in [5, 5.41) is 21.4. The monoisotopic (exact) mass is 343 g/mol. The van der Waals surface area contributed by atoms with Crippen LogP contribution in [0.25, 0.3) is 0 Å². The van der Waals surface area contributed by atoms with Crippen LogP contribution in [0, 0.1) is 5.92 Å². The van der Waals surface area contributed by atoms with E-state index in [9.17, 15) is 19.5 Å². The highest BCUT2D eigenvalue weighted by molar-refractivity contribution is 5.96. The number of aliphatic carboxylic acids is 1. The second kappa shape index (κ2) is 6.21. The Bertz CT molecular complexity index is 546. The molecule has 2 rings (SSSR count). The van der Waals surface area contributed by atoms with Crippen molar-refractivity contribution in [3.63, 3.8) is 0 Å². The minimum atomic E-state index is -1.40. The van der Waals surface area contributed by atoms with Crippen molar-refractivity contribution in [2.75, 3.05) is 13.1 Å². The summed E-state index contributed by atoms with van der Waals surface area (Å²) in [6.07, 6.45) is -1.38. The van der Waals surface area contributed by atoms with E-state index in [4.69, 9.17) is 15.6 Å². The molecule has 2 heterocycles. The van der Waals surface area contributed by atoms with Crippen molar-refractivity contribution in [2.24, 2.45) is 11.7 Å². The number of hydrogen-bond donors (Lipinski definition) is 4. The van der Waals surface area contributed by atoms with E-state index in [0.29, 0.717) is 13.0 Å². The molecule has 9 heteroatoms. The number of carboxylic acids is 1. The molecule has 4 atom stereocenters. The molecule has 2 fully saturated rings. The number of carbonyl (C=O) groups is 3. The number of hydrogen-bond acceptors (Lipinski definition) is 6. The van der Waals surface area contributed by atoms with Gasteiger partial charge in [0.05, 0.1) is 12.6 Å². The molecule has 2 unspecified atom stereocenters. The van der Waals surface area contributed by atoms with Crippen LogP contribution in [-0.4, -0.2) is 69.5 Å². The first-order chi connectivity index (χ1) is 11.0. The van der Waals surface area contributed by atoms with Gasteiger partial charge in [0.25, 0.3) is 0 Å². The van der Waals surface area contributed by atoms with Gasteiger partial charge in [-0.05, 0) is 39.5 Å². The first kappa shape index (κ1) is 18.5. The Kier molecular flexibility index (Phi) is 4.78. The number of carbonyl (C=O) groups excluding carboxylic acids is 2. The van der Waals surface area contributed by atoms with Gasteiger partial charge in [-0.15, -0.1) is 0 Å². The molecule has 0 radical (unpaired) electrons. The number of carboxylic acid groups (broad SMARTS) is 1. The first-order valence-corrected chi connectivity index (χ1v) is 7.91. The summed E-state index contributed by atoms with van der Waals surface area (Å²) < 4.78 is 5.37. The van der Waals surface area contributed by atoms with E-state index in [2.05, 4.69) is 5.32 Å². The van der Waals surface area contributed by atoms with E-state index >= 15 is 0 Å². The molecule has 2 aliphatic rings. The zero-order valence-corrected chi connectivity index (χ0v) is 14.1. The van der Waals surface area contributed by atoms with Crippen LogP contribution in [0.15, 0.2) is 0 Å². The molecular formula is C15H25N3O6. The minimum Gasteiger partial charge on any atom is -0.480 e. The van der Waals surface area contributed by atoms with Gasteiger partial charge in [-0.3, -0.25) is 14.5 Å². The number of β-lactam (4-membered cyclic amide) rings is 1. The topological polar surface area (TPSA) is 142 Å². The summed E-state index contributed by atoms with van der Waals surface area (Å²) >= 11 is 0. The molecule has 9 nitrogen and oxygen atoms in total. The van der Waals surface area contributed by atoms with Crippen LogP contribution in [0.4, 0.5) is 4.79 Å². The molecule has 2 aliphatic heterocycles. The molecule has 5 N–H and O–H groups in total. The van der Waals surface area contributed by atoms with E-state index in [1.807, 2.05) is 0 Å². The number of likely N-dealkylation sites (tertiary alicyclic amines) is 1. The lowest BCUT2D eigenvalue weighted by atomic mass is 9.83. The van der Waals surface area contributed by atoms with Crippen molar-refractivity contribution in [3.05, 3.63) is 0 Å². The number of nitrogens with zero attached hydrogens (tertiary/aromatic N) is 1. The van der Waals surface area contributed by atoms with Crippen LogP contribution in [-0.2, 0) is 14.3 Å². The molecule has 2 amide bonds. The summed E-state index contributed by atoms with van der Waals surface area (Å²) in [7, 11) is 0. The summed E-state index contributed by atoms with van der Waals surface area (Å²) in [4.78, 5) is 36.7. The molecule has 1 spiro atoms. The van der Waals surface area contributed by atoms with Gasteiger partial charge in [-0.25, -0.2) is 4.79 Å². The number of aliphatic hydroxyl groups is 1. The Hall–Kier alpha value is -1.87. The Morgan fingerprint density at radius 1 is 1.50 bits per heavy atom. The van der Waals surface area contributed by atoms with Crippen LogP contribution in [0.3, 0.4) is 0 Å². The van der Waals surface area contributed by atoms with Crippen LogP contribution in [0.5, 0.6) is 0 Å². The quantitative estimate of drug-likeness (QED) is 0.493. The van der Waals surface area contributed by atoms with E-state index in [1.165, 1.54) is 4.90 Å². The smallest absolute Gasteiger partial charge is 0.411 e. The SMILES string of the molecule is CC(C)(C)OC(=O)N1CC(C[C@@H](O)[C@H](N)C(=O)O)CC12CNC2=O. The number of ether oxygens (including phenoxy) is 1. The zero-order valence-electron chi connectivity index (χ0n) is 14.1. The largest absolute Gasteiger partial charge is 0.480 e. The number of rotatable bonds is 4. The van der Waals surface area contributed by atoms with Crippen molar-refractivity contribution in [3.8, 4) is 0 Å². The first-order valence-electron chi connectivity index (χ1n) is 7.91. The number of nitrogens with two attached hydrogens (primary N) is 1. The third-order valence-electron chi connectivity index (χ3n) is 4.44. The van der Waals surface area contributed by atoms with Crippen molar-refractivity contribution in [2.45, 2.75) is 56.9 Å². The fourth-order valence-electron chi connectivity index (χ4n) is 3.21. The Morgan fingerprint density at radius 2 is 2.12 bits per heavy atom. The van der Waals surface area contributed by atoms with E-state index in [0.717, 1.165) is 0 Å². The average molecular weight is 343 g/mol. The van der Waals surface area contributed by atoms with Crippen LogP contribution < -0.4 is 11.1 Å². The number of nitrogens with one attached hydrogen (secondary N) is 1. The third kappa shape index (κ3) is 3.46. The standard InChI is InChI=1S/C15H25N3O6/c1-14(2,3)24-13(23)18-6-8(4-9(19)10(16)11(20)21)5-15(18)7-17-12(15)22/h8-10,19H,4-7,16H2,1-3H3,(H,17,22)(H,20,21)/t8?,9-,10+,15?/m1/s1. The molecule has 0 aromatic heterocycles. The predicted molar refractivity (Wildman–Crippen MR) is 83.0 cm³/mol. The van der Waals surface area contributed by atoms with Crippen molar-refractivity contribution < 1.29 is 29.3 Å². The van der Waals surface area contributed by atoms with Gasteiger partial charge in [0, 0.05) is 6.54 Å². The molecule has 0 aromatic rings. The van der Waals surface area contributed by atoms with Gasteiger partial charge in [0.15, 0.2) is 0 Å². The Labute approximate surface area is 140 Å². The molecular weight excluding hydrogens is 318 g/mol. The maximum atomic E-state index is 12.4. The van der Waals surface area contributed by atoms with Gasteiger partial charge in [-0.1, -0.05) is 0 Å². The highest BCUT2D eigenvalue weighted by atomic mass is 16.6. The fourth-order valence-corrected chi connectivity index (χ4v) is 3.21. The molecule has 24 heavy (non-hydrogen) atoms. The fraction of sp³-hybridized carbons (Fsp3) is 0.800. The van der Waals surface area contributed by atoms with E-state index < -0.39 is 35.3 Å². The number of aliphatic hydroxyl groups excluding tert-OH is 1. The maximum absolute atomic E-state index is 12.4. The summed E-state index contributed by atoms with van der Waals surface area (Å²) in [6, 6.07) is -1.40. The van der Waals surface area contributed by atoms with Gasteiger partial charge < -0.3 is 26.0 Å². The maximum Gasteiger partial charge on any atom is 0.411 e. The Morgan fingerprint density at radius 3 is 2.54 bits per heavy atom. The van der Waals surface area contributed by atoms with Crippen LogP contribution >= 0.6 is 0 Å². The van der Waals surface area contributed by atoms with E-state index in [1.54, 1.807) is 20.8 Å². The highest BCUT2D eigenvalue weighted by Crippen LogP contribution is 2.40. The average Bonchev–Trinajstić information content (AvgIpc) is 2.84. The second-order valence-corrected chi connectivity index (χ2v) is 7.54. The molecule has 2 saturated heterocycles. The van der Waals surface area contributed by atoms with Crippen LogP contribution in [0.1, 0.15) is 33.6 Å². The molecule has 0 aliphatic carbocycles. The van der Waals surface area contributed by atoms with E-state index in [-0.39, 0.29) is 24.8 Å². The third-order valence-corrected chi connectivity index (χ3v) is 4.44. The molecule has 0 bridgehead atoms.